The molecule has 1 aromatic heterocycles. The minimum Gasteiger partial charge on any atom is -0.447 e. The Kier molecular flexibility index (Phi) is 4.62. The van der Waals surface area contributed by atoms with Gasteiger partial charge < -0.3 is 4.74 Å². The van der Waals surface area contributed by atoms with E-state index in [9.17, 15) is 4.79 Å². The molecule has 0 spiro atoms. The van der Waals surface area contributed by atoms with Gasteiger partial charge in [-0.05, 0) is 47.8 Å². The zero-order valence-electron chi connectivity index (χ0n) is 14.4. The molecule has 3 aromatic rings. The van der Waals surface area contributed by atoms with Gasteiger partial charge in [0.1, 0.15) is 6.07 Å². The van der Waals surface area contributed by atoms with Gasteiger partial charge in [0.05, 0.1) is 16.8 Å². The third kappa shape index (κ3) is 3.18. The monoisotopic (exact) mass is 374 g/mol. The van der Waals surface area contributed by atoms with Crippen LogP contribution in [-0.4, -0.2) is 17.6 Å². The molecule has 1 aliphatic carbocycles. The molecule has 0 aliphatic heterocycles. The summed E-state index contributed by atoms with van der Waals surface area (Å²) in [6.07, 6.45) is 3.49. The Morgan fingerprint density at radius 1 is 1.19 bits per heavy atom. The average molecular weight is 375 g/mol. The first-order chi connectivity index (χ1) is 13.2. The van der Waals surface area contributed by atoms with Crippen molar-refractivity contribution in [3.8, 4) is 6.07 Å². The Balaban J connectivity index is 1.90. The highest BCUT2D eigenvalue weighted by molar-refractivity contribution is 6.32. The van der Waals surface area contributed by atoms with Crippen molar-refractivity contribution in [3.05, 3.63) is 75.9 Å². The number of para-hydroxylation sites is 1. The molecule has 0 amide bonds. The second-order valence-electron chi connectivity index (χ2n) is 6.26. The van der Waals surface area contributed by atoms with Gasteiger partial charge in [-0.2, -0.15) is 5.26 Å². The fourth-order valence-corrected chi connectivity index (χ4v) is 3.65. The summed E-state index contributed by atoms with van der Waals surface area (Å²) >= 11 is 6.29. The van der Waals surface area contributed by atoms with E-state index in [-0.39, 0.29) is 6.61 Å². The standard InChI is InChI=1S/C22H15ClN2O2/c23-18-7-3-1-5-14(18)13-15-9-10-17-20(22(26)27-12-11-24)16-6-2-4-8-19(16)25-21(15)17/h1-8,13H,9-10,12H2/b15-13+. The molecule has 1 aliphatic rings. The lowest BCUT2D eigenvalue weighted by molar-refractivity contribution is 0.0556. The summed E-state index contributed by atoms with van der Waals surface area (Å²) < 4.78 is 5.11. The Morgan fingerprint density at radius 2 is 1.96 bits per heavy atom. The van der Waals surface area contributed by atoms with E-state index in [0.29, 0.717) is 17.0 Å². The van der Waals surface area contributed by atoms with Crippen LogP contribution >= 0.6 is 11.6 Å². The summed E-state index contributed by atoms with van der Waals surface area (Å²) in [5, 5.41) is 10.2. The molecule has 0 N–H and O–H groups in total. The zero-order chi connectivity index (χ0) is 18.8. The number of ether oxygens (including phenoxy) is 1. The maximum absolute atomic E-state index is 12.7. The highest BCUT2D eigenvalue weighted by Gasteiger charge is 2.27. The van der Waals surface area contributed by atoms with Gasteiger partial charge in [0, 0.05) is 10.4 Å². The molecule has 0 atom stereocenters. The number of halogens is 1. The fraction of sp³-hybridized carbons (Fsp3) is 0.136. The van der Waals surface area contributed by atoms with Crippen LogP contribution in [0.3, 0.4) is 0 Å². The van der Waals surface area contributed by atoms with Gasteiger partial charge in [-0.1, -0.05) is 48.0 Å². The van der Waals surface area contributed by atoms with Crippen molar-refractivity contribution in [2.24, 2.45) is 0 Å². The van der Waals surface area contributed by atoms with E-state index in [0.717, 1.165) is 39.7 Å². The highest BCUT2D eigenvalue weighted by Crippen LogP contribution is 2.38. The van der Waals surface area contributed by atoms with Gasteiger partial charge in [0.2, 0.25) is 0 Å². The second kappa shape index (κ2) is 7.22. The van der Waals surface area contributed by atoms with Crippen molar-refractivity contribution in [2.45, 2.75) is 12.8 Å². The number of hydrogen-bond acceptors (Lipinski definition) is 4. The van der Waals surface area contributed by atoms with E-state index in [1.165, 1.54) is 0 Å². The van der Waals surface area contributed by atoms with E-state index >= 15 is 0 Å². The highest BCUT2D eigenvalue weighted by atomic mass is 35.5. The predicted molar refractivity (Wildman–Crippen MR) is 105 cm³/mol. The molecule has 2 aromatic carbocycles. The third-order valence-electron chi connectivity index (χ3n) is 4.65. The summed E-state index contributed by atoms with van der Waals surface area (Å²) in [5.74, 6) is -0.481. The average Bonchev–Trinajstić information content (AvgIpc) is 3.08. The van der Waals surface area contributed by atoms with E-state index in [4.69, 9.17) is 26.6 Å². The topological polar surface area (TPSA) is 63.0 Å². The number of pyridine rings is 1. The number of benzene rings is 2. The third-order valence-corrected chi connectivity index (χ3v) is 4.99. The summed E-state index contributed by atoms with van der Waals surface area (Å²) in [6, 6.07) is 17.0. The molecule has 0 unspecified atom stereocenters. The lowest BCUT2D eigenvalue weighted by Crippen LogP contribution is -2.10. The van der Waals surface area contributed by atoms with Crippen molar-refractivity contribution >= 4 is 40.1 Å². The van der Waals surface area contributed by atoms with E-state index in [1.54, 1.807) is 0 Å². The molecule has 5 heteroatoms. The van der Waals surface area contributed by atoms with E-state index in [1.807, 2.05) is 60.7 Å². The molecule has 4 nitrogen and oxygen atoms in total. The van der Waals surface area contributed by atoms with Crippen LogP contribution in [0.15, 0.2) is 48.5 Å². The first-order valence-corrected chi connectivity index (χ1v) is 8.98. The molecule has 132 valence electrons. The number of aromatic nitrogens is 1. The largest absolute Gasteiger partial charge is 0.447 e. The van der Waals surface area contributed by atoms with Crippen LogP contribution < -0.4 is 0 Å². The summed E-state index contributed by atoms with van der Waals surface area (Å²) in [7, 11) is 0. The Bertz CT molecular complexity index is 1130. The minimum absolute atomic E-state index is 0.271. The van der Waals surface area contributed by atoms with Gasteiger partial charge in [-0.3, -0.25) is 0 Å². The Morgan fingerprint density at radius 3 is 2.78 bits per heavy atom. The molecule has 0 bridgehead atoms. The van der Waals surface area contributed by atoms with Gasteiger partial charge in [-0.15, -0.1) is 0 Å². The Labute approximate surface area is 161 Å². The van der Waals surface area contributed by atoms with E-state index < -0.39 is 5.97 Å². The minimum atomic E-state index is -0.481. The maximum atomic E-state index is 12.7. The van der Waals surface area contributed by atoms with E-state index in [2.05, 4.69) is 0 Å². The SMILES string of the molecule is N#CCOC(=O)c1c2c(nc3ccccc13)/C(=C/c1ccccc1Cl)CC2. The number of nitriles is 1. The number of nitrogens with zero attached hydrogens (tertiary/aromatic N) is 2. The lowest BCUT2D eigenvalue weighted by atomic mass is 10.0. The van der Waals surface area contributed by atoms with Gasteiger partial charge in [0.15, 0.2) is 6.61 Å². The number of hydrogen-bond donors (Lipinski definition) is 0. The maximum Gasteiger partial charge on any atom is 0.340 e. The van der Waals surface area contributed by atoms with Crippen LogP contribution in [0, 0.1) is 11.3 Å². The molecular weight excluding hydrogens is 360 g/mol. The number of allylic oxidation sites excluding steroid dienone is 1. The lowest BCUT2D eigenvalue weighted by Gasteiger charge is -2.11. The normalized spacial score (nSPS) is 14.1. The summed E-state index contributed by atoms with van der Waals surface area (Å²) in [4.78, 5) is 17.5. The Hall–Kier alpha value is -3.16. The van der Waals surface area contributed by atoms with Crippen LogP contribution in [0.5, 0.6) is 0 Å². The van der Waals surface area contributed by atoms with Crippen LogP contribution in [0.1, 0.15) is 33.6 Å². The predicted octanol–water partition coefficient (Wildman–Crippen LogP) is 5.06. The molecule has 0 saturated heterocycles. The number of carbonyl (C=O) groups excluding carboxylic acids is 1. The van der Waals surface area contributed by atoms with Crippen LogP contribution in [0.25, 0.3) is 22.6 Å². The first kappa shape index (κ1) is 17.3. The number of fused-ring (bicyclic) bond motifs is 2. The molecular formula is C22H15ClN2O2. The molecule has 4 rings (SSSR count). The smallest absolute Gasteiger partial charge is 0.340 e. The second-order valence-corrected chi connectivity index (χ2v) is 6.66. The van der Waals surface area contributed by atoms with Crippen molar-refractivity contribution in [3.63, 3.8) is 0 Å². The van der Waals surface area contributed by atoms with Crippen molar-refractivity contribution < 1.29 is 9.53 Å². The molecule has 0 radical (unpaired) electrons. The van der Waals surface area contributed by atoms with Crippen LogP contribution in [0.2, 0.25) is 5.02 Å². The summed E-state index contributed by atoms with van der Waals surface area (Å²) in [5.41, 5.74) is 4.87. The van der Waals surface area contributed by atoms with Crippen LogP contribution in [-0.2, 0) is 11.2 Å². The molecule has 27 heavy (non-hydrogen) atoms. The molecule has 1 heterocycles. The molecule has 0 fully saturated rings. The van der Waals surface area contributed by atoms with Crippen LogP contribution in [0.4, 0.5) is 0 Å². The molecule has 0 saturated carbocycles. The van der Waals surface area contributed by atoms with Crippen molar-refractivity contribution in [1.29, 1.82) is 5.26 Å². The summed E-state index contributed by atoms with van der Waals surface area (Å²) in [6.45, 7) is -0.271. The number of rotatable bonds is 3. The first-order valence-electron chi connectivity index (χ1n) is 8.60. The van der Waals surface area contributed by atoms with Crippen molar-refractivity contribution in [1.82, 2.24) is 4.98 Å². The quantitative estimate of drug-likeness (QED) is 0.601. The fourth-order valence-electron chi connectivity index (χ4n) is 3.46. The number of carbonyl (C=O) groups is 1. The van der Waals surface area contributed by atoms with Gasteiger partial charge >= 0.3 is 5.97 Å². The number of esters is 1. The zero-order valence-corrected chi connectivity index (χ0v) is 15.2. The van der Waals surface area contributed by atoms with Gasteiger partial charge in [-0.25, -0.2) is 9.78 Å². The van der Waals surface area contributed by atoms with Gasteiger partial charge in [0.25, 0.3) is 0 Å². The van der Waals surface area contributed by atoms with Crippen molar-refractivity contribution in [2.75, 3.05) is 6.61 Å².